The molecule has 0 unspecified atom stereocenters. The molecule has 1 heterocycles. The van der Waals surface area contributed by atoms with Crippen molar-refractivity contribution < 1.29 is 0 Å². The molecule has 0 aliphatic carbocycles. The SMILES string of the molecule is Clc1cccc(NCc2cccc3c2NCC3)c1. The Balaban J connectivity index is 1.76. The summed E-state index contributed by atoms with van der Waals surface area (Å²) in [5.74, 6) is 0. The van der Waals surface area contributed by atoms with Gasteiger partial charge in [-0.05, 0) is 35.7 Å². The molecule has 1 aliphatic rings. The number of hydrogen-bond acceptors (Lipinski definition) is 2. The minimum absolute atomic E-state index is 0.761. The van der Waals surface area contributed by atoms with Gasteiger partial charge in [0, 0.05) is 29.5 Å². The highest BCUT2D eigenvalue weighted by molar-refractivity contribution is 6.30. The first-order valence-electron chi connectivity index (χ1n) is 6.17. The van der Waals surface area contributed by atoms with Gasteiger partial charge in [-0.15, -0.1) is 0 Å². The summed E-state index contributed by atoms with van der Waals surface area (Å²) in [6.07, 6.45) is 1.13. The second kappa shape index (κ2) is 4.91. The lowest BCUT2D eigenvalue weighted by atomic mass is 10.1. The molecule has 2 aromatic carbocycles. The van der Waals surface area contributed by atoms with Crippen molar-refractivity contribution in [3.8, 4) is 0 Å². The van der Waals surface area contributed by atoms with Gasteiger partial charge in [-0.2, -0.15) is 0 Å². The first-order valence-corrected chi connectivity index (χ1v) is 6.55. The molecule has 0 radical (unpaired) electrons. The van der Waals surface area contributed by atoms with Crippen LogP contribution in [0, 0.1) is 0 Å². The number of nitrogens with one attached hydrogen (secondary N) is 2. The predicted octanol–water partition coefficient (Wildman–Crippen LogP) is 3.92. The number of rotatable bonds is 3. The Morgan fingerprint density at radius 2 is 2.06 bits per heavy atom. The molecule has 1 aliphatic heterocycles. The minimum atomic E-state index is 0.761. The van der Waals surface area contributed by atoms with Crippen LogP contribution in [0.2, 0.25) is 5.02 Å². The van der Waals surface area contributed by atoms with Crippen molar-refractivity contribution in [1.82, 2.24) is 0 Å². The summed E-state index contributed by atoms with van der Waals surface area (Å²) >= 11 is 5.97. The van der Waals surface area contributed by atoms with Gasteiger partial charge in [-0.3, -0.25) is 0 Å². The number of para-hydroxylation sites is 1. The summed E-state index contributed by atoms with van der Waals surface area (Å²) in [6, 6.07) is 14.3. The lowest BCUT2D eigenvalue weighted by molar-refractivity contribution is 1.11. The molecule has 0 bridgehead atoms. The van der Waals surface area contributed by atoms with E-state index in [1.165, 1.54) is 16.8 Å². The topological polar surface area (TPSA) is 24.1 Å². The Labute approximate surface area is 112 Å². The van der Waals surface area contributed by atoms with Gasteiger partial charge in [0.2, 0.25) is 0 Å². The Kier molecular flexibility index (Phi) is 3.11. The van der Waals surface area contributed by atoms with Gasteiger partial charge in [-0.25, -0.2) is 0 Å². The van der Waals surface area contributed by atoms with Gasteiger partial charge in [0.1, 0.15) is 0 Å². The van der Waals surface area contributed by atoms with E-state index in [9.17, 15) is 0 Å². The fraction of sp³-hybridized carbons (Fsp3) is 0.200. The maximum absolute atomic E-state index is 5.97. The maximum atomic E-state index is 5.97. The lowest BCUT2D eigenvalue weighted by Gasteiger charge is -2.11. The molecular weight excluding hydrogens is 244 g/mol. The van der Waals surface area contributed by atoms with Crippen LogP contribution in [0.4, 0.5) is 11.4 Å². The maximum Gasteiger partial charge on any atom is 0.0426 e. The van der Waals surface area contributed by atoms with Gasteiger partial charge in [0.05, 0.1) is 0 Å². The molecule has 0 saturated carbocycles. The third-order valence-corrected chi connectivity index (χ3v) is 3.48. The van der Waals surface area contributed by atoms with Crippen molar-refractivity contribution in [3.63, 3.8) is 0 Å². The second-order valence-corrected chi connectivity index (χ2v) is 4.93. The Morgan fingerprint density at radius 3 is 2.94 bits per heavy atom. The normalized spacial score (nSPS) is 12.9. The van der Waals surface area contributed by atoms with Gasteiger partial charge in [0.15, 0.2) is 0 Å². The minimum Gasteiger partial charge on any atom is -0.384 e. The summed E-state index contributed by atoms with van der Waals surface area (Å²) in [5, 5.41) is 7.62. The zero-order chi connectivity index (χ0) is 12.4. The third kappa shape index (κ3) is 2.29. The van der Waals surface area contributed by atoms with E-state index in [1.54, 1.807) is 0 Å². The van der Waals surface area contributed by atoms with E-state index in [-0.39, 0.29) is 0 Å². The van der Waals surface area contributed by atoms with Crippen molar-refractivity contribution >= 4 is 23.0 Å². The van der Waals surface area contributed by atoms with Crippen molar-refractivity contribution in [2.75, 3.05) is 17.2 Å². The average Bonchev–Trinajstić information content (AvgIpc) is 2.85. The zero-order valence-electron chi connectivity index (χ0n) is 10.0. The monoisotopic (exact) mass is 258 g/mol. The molecule has 2 N–H and O–H groups in total. The summed E-state index contributed by atoms with van der Waals surface area (Å²) in [6.45, 7) is 1.86. The highest BCUT2D eigenvalue weighted by Gasteiger charge is 2.12. The van der Waals surface area contributed by atoms with Crippen LogP contribution in [0.3, 0.4) is 0 Å². The van der Waals surface area contributed by atoms with Crippen LogP contribution in [-0.4, -0.2) is 6.54 Å². The molecule has 0 amide bonds. The molecule has 92 valence electrons. The molecule has 3 rings (SSSR count). The first-order chi connectivity index (χ1) is 8.83. The Hall–Kier alpha value is -1.67. The molecule has 18 heavy (non-hydrogen) atoms. The standard InChI is InChI=1S/C15H15ClN2/c16-13-5-2-6-14(9-13)18-10-12-4-1-3-11-7-8-17-15(11)12/h1-6,9,17-18H,7-8,10H2. The zero-order valence-corrected chi connectivity index (χ0v) is 10.8. The molecule has 0 fully saturated rings. The van der Waals surface area contributed by atoms with E-state index < -0.39 is 0 Å². The molecule has 0 aromatic heterocycles. The largest absolute Gasteiger partial charge is 0.384 e. The summed E-state index contributed by atoms with van der Waals surface area (Å²) in [4.78, 5) is 0. The van der Waals surface area contributed by atoms with Crippen LogP contribution in [0.15, 0.2) is 42.5 Å². The van der Waals surface area contributed by atoms with Crippen LogP contribution in [-0.2, 0) is 13.0 Å². The number of hydrogen-bond donors (Lipinski definition) is 2. The number of benzene rings is 2. The lowest BCUT2D eigenvalue weighted by Crippen LogP contribution is -2.02. The Bertz CT molecular complexity index is 566. The van der Waals surface area contributed by atoms with Crippen LogP contribution in [0.1, 0.15) is 11.1 Å². The highest BCUT2D eigenvalue weighted by atomic mass is 35.5. The Morgan fingerprint density at radius 1 is 1.17 bits per heavy atom. The molecule has 3 heteroatoms. The van der Waals surface area contributed by atoms with E-state index in [0.717, 1.165) is 30.2 Å². The van der Waals surface area contributed by atoms with E-state index in [2.05, 4.69) is 28.8 Å². The average molecular weight is 259 g/mol. The van der Waals surface area contributed by atoms with Gasteiger partial charge in [0.25, 0.3) is 0 Å². The molecule has 0 spiro atoms. The third-order valence-electron chi connectivity index (χ3n) is 3.24. The molecule has 0 saturated heterocycles. The van der Waals surface area contributed by atoms with Crippen molar-refractivity contribution in [3.05, 3.63) is 58.6 Å². The number of halogens is 1. The fourth-order valence-corrected chi connectivity index (χ4v) is 2.54. The van der Waals surface area contributed by atoms with Crippen molar-refractivity contribution in [2.45, 2.75) is 13.0 Å². The summed E-state index contributed by atoms with van der Waals surface area (Å²) in [7, 11) is 0. The summed E-state index contributed by atoms with van der Waals surface area (Å²) < 4.78 is 0. The van der Waals surface area contributed by atoms with Crippen LogP contribution in [0.5, 0.6) is 0 Å². The van der Waals surface area contributed by atoms with E-state index in [4.69, 9.17) is 11.6 Å². The van der Waals surface area contributed by atoms with Crippen LogP contribution < -0.4 is 10.6 Å². The van der Waals surface area contributed by atoms with Crippen molar-refractivity contribution in [2.24, 2.45) is 0 Å². The predicted molar refractivity (Wildman–Crippen MR) is 77.4 cm³/mol. The van der Waals surface area contributed by atoms with E-state index in [1.807, 2.05) is 24.3 Å². The van der Waals surface area contributed by atoms with E-state index in [0.29, 0.717) is 0 Å². The molecular formula is C15H15ClN2. The highest BCUT2D eigenvalue weighted by Crippen LogP contribution is 2.27. The quantitative estimate of drug-likeness (QED) is 0.872. The van der Waals surface area contributed by atoms with Gasteiger partial charge >= 0.3 is 0 Å². The molecule has 2 nitrogen and oxygen atoms in total. The number of fused-ring (bicyclic) bond motifs is 1. The second-order valence-electron chi connectivity index (χ2n) is 4.49. The van der Waals surface area contributed by atoms with E-state index >= 15 is 0 Å². The van der Waals surface area contributed by atoms with Crippen LogP contribution in [0.25, 0.3) is 0 Å². The van der Waals surface area contributed by atoms with Crippen LogP contribution >= 0.6 is 11.6 Å². The van der Waals surface area contributed by atoms with Gasteiger partial charge in [-0.1, -0.05) is 35.9 Å². The van der Waals surface area contributed by atoms with Crippen molar-refractivity contribution in [1.29, 1.82) is 0 Å². The fourth-order valence-electron chi connectivity index (χ4n) is 2.35. The van der Waals surface area contributed by atoms with Gasteiger partial charge < -0.3 is 10.6 Å². The summed E-state index contributed by atoms with van der Waals surface area (Å²) in [5.41, 5.74) is 5.08. The number of anilines is 2. The first kappa shape index (κ1) is 11.4. The molecule has 2 aromatic rings. The molecule has 0 atom stereocenters. The smallest absolute Gasteiger partial charge is 0.0426 e.